The highest BCUT2D eigenvalue weighted by Crippen LogP contribution is 2.31. The number of anilines is 2. The molecule has 0 aliphatic carbocycles. The number of likely N-dealkylation sites (N-methyl/N-ethyl adjacent to an activating group) is 1. The van der Waals surface area contributed by atoms with Crippen LogP contribution in [-0.4, -0.2) is 57.3 Å². The van der Waals surface area contributed by atoms with Crippen LogP contribution in [0.15, 0.2) is 18.2 Å². The molecule has 1 heterocycles. The van der Waals surface area contributed by atoms with E-state index in [0.29, 0.717) is 30.9 Å². The van der Waals surface area contributed by atoms with Crippen molar-refractivity contribution in [1.29, 1.82) is 0 Å². The Balaban J connectivity index is 2.30. The Bertz CT molecular complexity index is 530. The lowest BCUT2D eigenvalue weighted by Gasteiger charge is -2.24. The topological polar surface area (TPSA) is 70.1 Å². The zero-order valence-corrected chi connectivity index (χ0v) is 11.6. The van der Waals surface area contributed by atoms with Crippen LogP contribution in [0.3, 0.4) is 0 Å². The molecule has 0 saturated carbocycles. The summed E-state index contributed by atoms with van der Waals surface area (Å²) in [6.07, 6.45) is 0. The van der Waals surface area contributed by atoms with E-state index in [9.17, 15) is 9.59 Å². The number of rotatable bonds is 6. The van der Waals surface area contributed by atoms with Crippen molar-refractivity contribution in [3.8, 4) is 0 Å². The number of aliphatic hydroxyl groups is 1. The van der Waals surface area contributed by atoms with E-state index < -0.39 is 11.7 Å². The van der Waals surface area contributed by atoms with Crippen molar-refractivity contribution < 1.29 is 19.4 Å². The number of carbonyl (C=O) groups is 2. The summed E-state index contributed by atoms with van der Waals surface area (Å²) in [4.78, 5) is 26.7. The molecule has 0 unspecified atom stereocenters. The van der Waals surface area contributed by atoms with Gasteiger partial charge in [0.1, 0.15) is 0 Å². The largest absolute Gasteiger partial charge is 0.395 e. The Morgan fingerprint density at radius 1 is 1.30 bits per heavy atom. The Labute approximate surface area is 117 Å². The average Bonchev–Trinajstić information content (AvgIpc) is 2.68. The Morgan fingerprint density at radius 2 is 2.05 bits per heavy atom. The van der Waals surface area contributed by atoms with Gasteiger partial charge in [-0.05, 0) is 18.2 Å². The number of nitrogens with zero attached hydrogens (tertiary/aromatic N) is 2. The SMILES string of the molecule is COCCN(CCO)c1ccc2c(c1)N(C)C(=O)C2=O. The molecule has 0 saturated heterocycles. The van der Waals surface area contributed by atoms with Crippen molar-refractivity contribution in [2.75, 3.05) is 50.3 Å². The van der Waals surface area contributed by atoms with Gasteiger partial charge in [-0.15, -0.1) is 0 Å². The van der Waals surface area contributed by atoms with Crippen LogP contribution >= 0.6 is 0 Å². The molecule has 0 atom stereocenters. The Morgan fingerprint density at radius 3 is 2.70 bits per heavy atom. The normalized spacial score (nSPS) is 13.8. The molecule has 0 radical (unpaired) electrons. The maximum Gasteiger partial charge on any atom is 0.299 e. The lowest BCUT2D eigenvalue weighted by atomic mass is 10.1. The number of aliphatic hydroxyl groups excluding tert-OH is 1. The van der Waals surface area contributed by atoms with Crippen LogP contribution in [0.1, 0.15) is 10.4 Å². The third kappa shape index (κ3) is 2.52. The van der Waals surface area contributed by atoms with Crippen LogP contribution in [-0.2, 0) is 9.53 Å². The maximum atomic E-state index is 11.7. The predicted octanol–water partition coefficient (Wildman–Crippen LogP) is 0.291. The first kappa shape index (κ1) is 14.5. The van der Waals surface area contributed by atoms with Crippen molar-refractivity contribution in [1.82, 2.24) is 0 Å². The second kappa shape index (κ2) is 6.02. The van der Waals surface area contributed by atoms with Crippen LogP contribution in [0.5, 0.6) is 0 Å². The van der Waals surface area contributed by atoms with Crippen LogP contribution in [0.4, 0.5) is 11.4 Å². The van der Waals surface area contributed by atoms with Crippen molar-refractivity contribution in [3.05, 3.63) is 23.8 Å². The van der Waals surface area contributed by atoms with Gasteiger partial charge in [0.05, 0.1) is 24.5 Å². The first-order valence-electron chi connectivity index (χ1n) is 6.41. The molecule has 0 spiro atoms. The Hall–Kier alpha value is -1.92. The minimum atomic E-state index is -0.511. The van der Waals surface area contributed by atoms with Crippen LogP contribution in [0.25, 0.3) is 0 Å². The quantitative estimate of drug-likeness (QED) is 0.757. The van der Waals surface area contributed by atoms with Crippen molar-refractivity contribution in [2.24, 2.45) is 0 Å². The molecule has 0 fully saturated rings. The maximum absolute atomic E-state index is 11.7. The van der Waals surface area contributed by atoms with E-state index in [1.165, 1.54) is 4.90 Å². The summed E-state index contributed by atoms with van der Waals surface area (Å²) in [5.41, 5.74) is 1.89. The van der Waals surface area contributed by atoms with Gasteiger partial charge in [-0.1, -0.05) is 0 Å². The van der Waals surface area contributed by atoms with E-state index in [0.717, 1.165) is 5.69 Å². The van der Waals surface area contributed by atoms with E-state index in [-0.39, 0.29) is 6.61 Å². The number of hydrogen-bond acceptors (Lipinski definition) is 5. The van der Waals surface area contributed by atoms with Crippen LogP contribution < -0.4 is 9.80 Å². The number of hydrogen-bond donors (Lipinski definition) is 1. The number of Topliss-reactive ketones (excluding diaryl/α,β-unsaturated/α-hetero) is 1. The summed E-state index contributed by atoms with van der Waals surface area (Å²) in [6, 6.07) is 5.24. The minimum absolute atomic E-state index is 0.0223. The van der Waals surface area contributed by atoms with E-state index in [2.05, 4.69) is 0 Å². The third-order valence-electron chi connectivity index (χ3n) is 3.39. The summed E-state index contributed by atoms with van der Waals surface area (Å²) in [5, 5.41) is 9.13. The second-order valence-electron chi connectivity index (χ2n) is 4.60. The molecule has 108 valence electrons. The molecular weight excluding hydrogens is 260 g/mol. The molecule has 1 aliphatic rings. The molecule has 20 heavy (non-hydrogen) atoms. The number of amides is 1. The fourth-order valence-corrected chi connectivity index (χ4v) is 2.26. The van der Waals surface area contributed by atoms with Gasteiger partial charge in [-0.3, -0.25) is 9.59 Å². The first-order chi connectivity index (χ1) is 9.60. The van der Waals surface area contributed by atoms with Crippen LogP contribution in [0, 0.1) is 0 Å². The summed E-state index contributed by atoms with van der Waals surface area (Å²) in [7, 11) is 3.20. The summed E-state index contributed by atoms with van der Waals surface area (Å²) >= 11 is 0. The lowest BCUT2D eigenvalue weighted by molar-refractivity contribution is -0.114. The molecule has 0 bridgehead atoms. The zero-order chi connectivity index (χ0) is 14.7. The third-order valence-corrected chi connectivity index (χ3v) is 3.39. The zero-order valence-electron chi connectivity index (χ0n) is 11.6. The minimum Gasteiger partial charge on any atom is -0.395 e. The van der Waals surface area contributed by atoms with Gasteiger partial charge in [-0.2, -0.15) is 0 Å². The fraction of sp³-hybridized carbons (Fsp3) is 0.429. The molecule has 1 aromatic carbocycles. The number of methoxy groups -OCH3 is 1. The van der Waals surface area contributed by atoms with Gasteiger partial charge in [0, 0.05) is 32.9 Å². The smallest absolute Gasteiger partial charge is 0.299 e. The fourth-order valence-electron chi connectivity index (χ4n) is 2.26. The highest BCUT2D eigenvalue weighted by Gasteiger charge is 2.33. The molecule has 0 aromatic heterocycles. The van der Waals surface area contributed by atoms with Gasteiger partial charge in [0.25, 0.3) is 11.7 Å². The summed E-state index contributed by atoms with van der Waals surface area (Å²) < 4.78 is 5.05. The van der Waals surface area contributed by atoms with Gasteiger partial charge in [-0.25, -0.2) is 0 Å². The molecule has 6 heteroatoms. The number of ether oxygens (including phenoxy) is 1. The molecule has 6 nitrogen and oxygen atoms in total. The van der Waals surface area contributed by atoms with Gasteiger partial charge >= 0.3 is 0 Å². The summed E-state index contributed by atoms with van der Waals surface area (Å²) in [5.74, 6) is -0.984. The molecule has 1 amide bonds. The Kier molecular flexibility index (Phi) is 4.36. The first-order valence-corrected chi connectivity index (χ1v) is 6.41. The van der Waals surface area contributed by atoms with E-state index >= 15 is 0 Å². The van der Waals surface area contributed by atoms with Gasteiger partial charge < -0.3 is 19.6 Å². The predicted molar refractivity (Wildman–Crippen MR) is 75.4 cm³/mol. The molecule has 1 N–H and O–H groups in total. The summed E-state index contributed by atoms with van der Waals surface area (Å²) in [6.45, 7) is 1.65. The number of benzene rings is 1. The highest BCUT2D eigenvalue weighted by molar-refractivity contribution is 6.52. The van der Waals surface area contributed by atoms with Gasteiger partial charge in [0.15, 0.2) is 0 Å². The number of carbonyl (C=O) groups excluding carboxylic acids is 2. The monoisotopic (exact) mass is 278 g/mol. The van der Waals surface area contributed by atoms with Crippen molar-refractivity contribution in [2.45, 2.75) is 0 Å². The van der Waals surface area contributed by atoms with Gasteiger partial charge in [0.2, 0.25) is 0 Å². The molecule has 2 rings (SSSR count). The van der Waals surface area contributed by atoms with Crippen molar-refractivity contribution >= 4 is 23.1 Å². The second-order valence-corrected chi connectivity index (χ2v) is 4.60. The highest BCUT2D eigenvalue weighted by atomic mass is 16.5. The number of ketones is 1. The standard InChI is InChI=1S/C14H18N2O4/c1-15-12-9-10(16(5-7-17)6-8-20-2)3-4-11(12)13(18)14(15)19/h3-4,9,17H,5-8H2,1-2H3. The average molecular weight is 278 g/mol. The van der Waals surface area contributed by atoms with E-state index in [4.69, 9.17) is 9.84 Å². The van der Waals surface area contributed by atoms with Crippen molar-refractivity contribution in [3.63, 3.8) is 0 Å². The van der Waals surface area contributed by atoms with E-state index in [1.807, 2.05) is 4.90 Å². The van der Waals surface area contributed by atoms with Crippen LogP contribution in [0.2, 0.25) is 0 Å². The molecular formula is C14H18N2O4. The molecule has 1 aromatic rings. The lowest BCUT2D eigenvalue weighted by Crippen LogP contribution is -2.30. The number of fused-ring (bicyclic) bond motifs is 1. The van der Waals surface area contributed by atoms with E-state index in [1.54, 1.807) is 32.4 Å². The molecule has 1 aliphatic heterocycles.